The van der Waals surface area contributed by atoms with Gasteiger partial charge in [-0.05, 0) is 31.4 Å². The van der Waals surface area contributed by atoms with Crippen LogP contribution in [0.5, 0.6) is 0 Å². The molecule has 2 heterocycles. The van der Waals surface area contributed by atoms with Crippen LogP contribution in [0.25, 0.3) is 0 Å². The molecule has 142 valence electrons. The van der Waals surface area contributed by atoms with Crippen LogP contribution in [0.3, 0.4) is 0 Å². The number of carbonyl (C=O) groups is 1. The van der Waals surface area contributed by atoms with Crippen molar-refractivity contribution in [1.29, 1.82) is 0 Å². The van der Waals surface area contributed by atoms with Crippen molar-refractivity contribution in [1.82, 2.24) is 4.90 Å². The summed E-state index contributed by atoms with van der Waals surface area (Å²) >= 11 is 0. The molecule has 3 rings (SSSR count). The van der Waals surface area contributed by atoms with E-state index in [-0.39, 0.29) is 11.8 Å². The minimum atomic E-state index is -0.590. The van der Waals surface area contributed by atoms with Gasteiger partial charge in [0.15, 0.2) is 5.78 Å². The quantitative estimate of drug-likeness (QED) is 0.844. The molecule has 26 heavy (non-hydrogen) atoms. The van der Waals surface area contributed by atoms with Crippen LogP contribution in [-0.2, 0) is 11.3 Å². The summed E-state index contributed by atoms with van der Waals surface area (Å²) in [5.41, 5.74) is 6.93. The monoisotopic (exact) mass is 355 g/mol. The van der Waals surface area contributed by atoms with E-state index in [9.17, 15) is 4.79 Å². The smallest absolute Gasteiger partial charge is 0.164 e. The van der Waals surface area contributed by atoms with Crippen molar-refractivity contribution in [3.05, 3.63) is 35.9 Å². The van der Waals surface area contributed by atoms with Crippen molar-refractivity contribution in [2.45, 2.75) is 64.5 Å². The van der Waals surface area contributed by atoms with Gasteiger partial charge in [-0.2, -0.15) is 0 Å². The van der Waals surface area contributed by atoms with E-state index in [0.717, 1.165) is 51.7 Å². The Morgan fingerprint density at radius 3 is 2.81 bits per heavy atom. The summed E-state index contributed by atoms with van der Waals surface area (Å²) in [4.78, 5) is 20.6. The Morgan fingerprint density at radius 2 is 2.08 bits per heavy atom. The molecule has 0 spiro atoms. The van der Waals surface area contributed by atoms with Crippen LogP contribution in [0.2, 0.25) is 0 Å². The second-order valence-corrected chi connectivity index (χ2v) is 8.16. The topological polar surface area (TPSA) is 58.7 Å². The number of rotatable bonds is 6. The number of hydrogen-bond acceptors (Lipinski definition) is 4. The third-order valence-electron chi connectivity index (χ3n) is 6.07. The van der Waals surface area contributed by atoms with E-state index in [1.165, 1.54) is 5.56 Å². The van der Waals surface area contributed by atoms with Crippen LogP contribution in [0.1, 0.15) is 57.9 Å². The van der Waals surface area contributed by atoms with Crippen molar-refractivity contribution in [2.75, 3.05) is 13.1 Å². The molecule has 1 aromatic rings. The summed E-state index contributed by atoms with van der Waals surface area (Å²) < 4.78 is 0. The number of Topliss-reactive ketones (excluding diaryl/α,β-unsaturated/α-hetero) is 1. The number of amidine groups is 1. The molecule has 0 saturated carbocycles. The summed E-state index contributed by atoms with van der Waals surface area (Å²) in [6, 6.07) is 10.6. The second kappa shape index (κ2) is 8.34. The number of piperidine rings is 1. The molecule has 4 nitrogen and oxygen atoms in total. The van der Waals surface area contributed by atoms with Crippen molar-refractivity contribution in [3.8, 4) is 0 Å². The van der Waals surface area contributed by atoms with Crippen LogP contribution in [0.4, 0.5) is 0 Å². The molecule has 0 bridgehead atoms. The first-order chi connectivity index (χ1) is 12.5. The zero-order chi connectivity index (χ0) is 18.6. The lowest BCUT2D eigenvalue weighted by Crippen LogP contribution is -2.56. The number of carbonyl (C=O) groups excluding carboxylic acids is 1. The highest BCUT2D eigenvalue weighted by Gasteiger charge is 2.49. The van der Waals surface area contributed by atoms with Gasteiger partial charge in [-0.25, -0.2) is 0 Å². The molecule has 0 aromatic heterocycles. The predicted octanol–water partition coefficient (Wildman–Crippen LogP) is 3.79. The van der Waals surface area contributed by atoms with Gasteiger partial charge in [0.25, 0.3) is 0 Å². The van der Waals surface area contributed by atoms with E-state index in [1.807, 2.05) is 6.92 Å². The van der Waals surface area contributed by atoms with E-state index < -0.39 is 5.54 Å². The maximum Gasteiger partial charge on any atom is 0.164 e. The molecule has 2 aliphatic rings. The minimum Gasteiger partial charge on any atom is -0.387 e. The van der Waals surface area contributed by atoms with E-state index >= 15 is 0 Å². The summed E-state index contributed by atoms with van der Waals surface area (Å²) in [5, 5.41) is 0. The lowest BCUT2D eigenvalue weighted by molar-refractivity contribution is -0.131. The van der Waals surface area contributed by atoms with E-state index in [0.29, 0.717) is 18.0 Å². The number of ketones is 1. The average Bonchev–Trinajstić information content (AvgIpc) is 2.64. The Kier molecular flexibility index (Phi) is 6.13. The number of nitrogens with two attached hydrogens (primary N) is 1. The molecule has 0 aliphatic carbocycles. The van der Waals surface area contributed by atoms with Gasteiger partial charge in [-0.1, -0.05) is 57.0 Å². The maximum absolute atomic E-state index is 13.3. The molecular formula is C22H33N3O. The summed E-state index contributed by atoms with van der Waals surface area (Å²) in [7, 11) is 0. The molecule has 1 aromatic carbocycles. The van der Waals surface area contributed by atoms with Crippen molar-refractivity contribution in [3.63, 3.8) is 0 Å². The van der Waals surface area contributed by atoms with Gasteiger partial charge in [-0.3, -0.25) is 14.7 Å². The average molecular weight is 356 g/mol. The molecule has 2 N–H and O–H groups in total. The van der Waals surface area contributed by atoms with Gasteiger partial charge in [0.1, 0.15) is 5.54 Å². The highest BCUT2D eigenvalue weighted by Crippen LogP contribution is 2.40. The fraction of sp³-hybridized carbons (Fsp3) is 0.636. The van der Waals surface area contributed by atoms with Crippen LogP contribution in [0.15, 0.2) is 35.3 Å². The number of hydrogen-bond donors (Lipinski definition) is 1. The Labute approximate surface area is 157 Å². The standard InChI is InChI=1S/C22H33N3O/c1-3-4-12-22(21(26)17(2)14-20(23)24-22)19-11-8-13-25(16-19)15-18-9-6-5-7-10-18/h5-7,9-10,17,19H,3-4,8,11-16H2,1-2H3,(H2,23,24)/t17?,19-,22?/m1/s1. The fourth-order valence-corrected chi connectivity index (χ4v) is 4.74. The molecule has 0 amide bonds. The zero-order valence-electron chi connectivity index (χ0n) is 16.3. The number of benzene rings is 1. The highest BCUT2D eigenvalue weighted by molar-refractivity contribution is 6.00. The molecule has 0 radical (unpaired) electrons. The third kappa shape index (κ3) is 4.01. The molecule has 1 saturated heterocycles. The van der Waals surface area contributed by atoms with Crippen LogP contribution in [-0.4, -0.2) is 35.1 Å². The molecule has 3 atom stereocenters. The summed E-state index contributed by atoms with van der Waals surface area (Å²) in [6.07, 6.45) is 5.78. The van der Waals surface area contributed by atoms with Gasteiger partial charge in [-0.15, -0.1) is 0 Å². The zero-order valence-corrected chi connectivity index (χ0v) is 16.3. The van der Waals surface area contributed by atoms with E-state index in [2.05, 4.69) is 42.2 Å². The van der Waals surface area contributed by atoms with Crippen LogP contribution in [0, 0.1) is 11.8 Å². The number of aliphatic imine (C=N–C) groups is 1. The van der Waals surface area contributed by atoms with E-state index in [1.54, 1.807) is 0 Å². The maximum atomic E-state index is 13.3. The first-order valence-electron chi connectivity index (χ1n) is 10.2. The highest BCUT2D eigenvalue weighted by atomic mass is 16.1. The van der Waals surface area contributed by atoms with E-state index in [4.69, 9.17) is 10.7 Å². The van der Waals surface area contributed by atoms with Crippen LogP contribution >= 0.6 is 0 Å². The molecular weight excluding hydrogens is 322 g/mol. The first-order valence-corrected chi connectivity index (χ1v) is 10.2. The van der Waals surface area contributed by atoms with Crippen molar-refractivity contribution >= 4 is 11.6 Å². The molecule has 4 heteroatoms. The lowest BCUT2D eigenvalue weighted by atomic mass is 9.68. The Morgan fingerprint density at radius 1 is 1.31 bits per heavy atom. The normalized spacial score (nSPS) is 30.2. The SMILES string of the molecule is CCCCC1([C@@H]2CCCN(Cc3ccccc3)C2)N=C(N)CC(C)C1=O. The van der Waals surface area contributed by atoms with Crippen molar-refractivity contribution < 1.29 is 4.79 Å². The Bertz CT molecular complexity index is 642. The Hall–Kier alpha value is -1.68. The first kappa shape index (κ1) is 19.1. The molecule has 1 fully saturated rings. The van der Waals surface area contributed by atoms with Gasteiger partial charge < -0.3 is 5.73 Å². The number of nitrogens with zero attached hydrogens (tertiary/aromatic N) is 2. The molecule has 2 aliphatic heterocycles. The molecule has 2 unspecified atom stereocenters. The summed E-state index contributed by atoms with van der Waals surface area (Å²) in [5.74, 6) is 1.27. The predicted molar refractivity (Wildman–Crippen MR) is 107 cm³/mol. The largest absolute Gasteiger partial charge is 0.387 e. The fourth-order valence-electron chi connectivity index (χ4n) is 4.74. The third-order valence-corrected chi connectivity index (χ3v) is 6.07. The second-order valence-electron chi connectivity index (χ2n) is 8.16. The number of likely N-dealkylation sites (tertiary alicyclic amines) is 1. The van der Waals surface area contributed by atoms with Gasteiger partial charge >= 0.3 is 0 Å². The van der Waals surface area contributed by atoms with Gasteiger partial charge in [0.05, 0.1) is 5.84 Å². The van der Waals surface area contributed by atoms with Crippen molar-refractivity contribution in [2.24, 2.45) is 22.6 Å². The number of unbranched alkanes of at least 4 members (excludes halogenated alkanes) is 1. The van der Waals surface area contributed by atoms with Gasteiger partial charge in [0, 0.05) is 31.3 Å². The summed E-state index contributed by atoms with van der Waals surface area (Å²) in [6.45, 7) is 7.19. The van der Waals surface area contributed by atoms with Crippen LogP contribution < -0.4 is 5.73 Å². The Balaban J connectivity index is 1.82. The van der Waals surface area contributed by atoms with Gasteiger partial charge in [0.2, 0.25) is 0 Å². The minimum absolute atomic E-state index is 0.00569. The lowest BCUT2D eigenvalue weighted by Gasteiger charge is -2.45.